The molecule has 5 nitrogen and oxygen atoms in total. The summed E-state index contributed by atoms with van der Waals surface area (Å²) in [7, 11) is -2.86. The van der Waals surface area contributed by atoms with E-state index in [4.69, 9.17) is 0 Å². The summed E-state index contributed by atoms with van der Waals surface area (Å²) in [6.07, 6.45) is 6.23. The molecule has 7 heteroatoms. The predicted octanol–water partition coefficient (Wildman–Crippen LogP) is 0.203. The highest BCUT2D eigenvalue weighted by Crippen LogP contribution is 2.10. The van der Waals surface area contributed by atoms with Crippen molar-refractivity contribution >= 4 is 21.6 Å². The van der Waals surface area contributed by atoms with Gasteiger partial charge in [-0.2, -0.15) is 0 Å². The van der Waals surface area contributed by atoms with Gasteiger partial charge in [0.2, 0.25) is 0 Å². The molecule has 0 atom stereocenters. The average molecular weight is 261 g/mol. The molecule has 1 heterocycles. The summed E-state index contributed by atoms with van der Waals surface area (Å²) in [6.45, 7) is 1.26. The van der Waals surface area contributed by atoms with E-state index in [1.807, 2.05) is 0 Å². The lowest BCUT2D eigenvalue weighted by Gasteiger charge is -2.03. The lowest BCUT2D eigenvalue weighted by molar-refractivity contribution is 0.598. The minimum absolute atomic E-state index is 0.183. The van der Waals surface area contributed by atoms with Crippen molar-refractivity contribution in [2.75, 3.05) is 30.9 Å². The van der Waals surface area contributed by atoms with Gasteiger partial charge < -0.3 is 5.32 Å². The molecule has 0 unspecified atom stereocenters. The normalized spacial score (nSPS) is 11.6. The van der Waals surface area contributed by atoms with Gasteiger partial charge >= 0.3 is 0 Å². The summed E-state index contributed by atoms with van der Waals surface area (Å²) in [5.74, 6) is 1.03. The van der Waals surface area contributed by atoms with Crippen molar-refractivity contribution in [1.29, 1.82) is 0 Å². The molecule has 90 valence electrons. The summed E-state index contributed by atoms with van der Waals surface area (Å²) >= 11 is 1.59. The van der Waals surface area contributed by atoms with Crippen LogP contribution in [0.4, 0.5) is 0 Å². The van der Waals surface area contributed by atoms with E-state index in [2.05, 4.69) is 15.3 Å². The van der Waals surface area contributed by atoms with Crippen LogP contribution in [0.3, 0.4) is 0 Å². The second-order valence-electron chi connectivity index (χ2n) is 3.27. The average Bonchev–Trinajstić information content (AvgIpc) is 2.23. The fourth-order valence-electron chi connectivity index (χ4n) is 0.970. The zero-order chi connectivity index (χ0) is 11.9. The van der Waals surface area contributed by atoms with Crippen LogP contribution in [0, 0.1) is 0 Å². The third kappa shape index (κ3) is 6.76. The van der Waals surface area contributed by atoms with Gasteiger partial charge in [-0.1, -0.05) is 0 Å². The lowest BCUT2D eigenvalue weighted by atomic mass is 10.7. The first-order valence-electron chi connectivity index (χ1n) is 4.85. The van der Waals surface area contributed by atoms with Gasteiger partial charge in [-0.3, -0.25) is 4.98 Å². The summed E-state index contributed by atoms with van der Waals surface area (Å²) in [5.41, 5.74) is 0. The SMILES string of the molecule is CS(=O)(=O)CCNCCSc1cnccn1. The van der Waals surface area contributed by atoms with Gasteiger partial charge in [0.15, 0.2) is 0 Å². The molecule has 0 saturated heterocycles. The number of aromatic nitrogens is 2. The largest absolute Gasteiger partial charge is 0.315 e. The minimum Gasteiger partial charge on any atom is -0.315 e. The molecule has 0 aromatic carbocycles. The Bertz CT molecular complexity index is 394. The van der Waals surface area contributed by atoms with Gasteiger partial charge in [-0.15, -0.1) is 11.8 Å². The third-order valence-corrected chi connectivity index (χ3v) is 3.58. The van der Waals surface area contributed by atoms with Crippen LogP contribution in [0.5, 0.6) is 0 Å². The van der Waals surface area contributed by atoms with Crippen molar-refractivity contribution in [3.05, 3.63) is 18.6 Å². The van der Waals surface area contributed by atoms with E-state index < -0.39 is 9.84 Å². The van der Waals surface area contributed by atoms with Gasteiger partial charge in [0.25, 0.3) is 0 Å². The minimum atomic E-state index is -2.86. The van der Waals surface area contributed by atoms with E-state index in [-0.39, 0.29) is 5.75 Å². The molecule has 1 aromatic heterocycles. The van der Waals surface area contributed by atoms with Crippen LogP contribution in [-0.4, -0.2) is 49.2 Å². The monoisotopic (exact) mass is 261 g/mol. The lowest BCUT2D eigenvalue weighted by Crippen LogP contribution is -2.24. The first-order valence-corrected chi connectivity index (χ1v) is 7.90. The Labute approximate surface area is 100.0 Å². The standard InChI is InChI=1S/C9H15N3O2S2/c1-16(13,14)7-5-10-4-6-15-9-8-11-2-3-12-9/h2-3,8,10H,4-7H2,1H3. The molecular weight excluding hydrogens is 246 g/mol. The van der Waals surface area contributed by atoms with Gasteiger partial charge in [0.1, 0.15) is 14.9 Å². The maximum atomic E-state index is 10.8. The number of rotatable bonds is 7. The van der Waals surface area contributed by atoms with E-state index in [1.54, 1.807) is 30.4 Å². The topological polar surface area (TPSA) is 72.0 Å². The Morgan fingerprint density at radius 2 is 2.19 bits per heavy atom. The van der Waals surface area contributed by atoms with Gasteiger partial charge in [0, 0.05) is 37.5 Å². The van der Waals surface area contributed by atoms with Gasteiger partial charge in [-0.25, -0.2) is 13.4 Å². The third-order valence-electron chi connectivity index (χ3n) is 1.72. The maximum Gasteiger partial charge on any atom is 0.148 e. The number of hydrogen-bond donors (Lipinski definition) is 1. The first kappa shape index (κ1) is 13.4. The van der Waals surface area contributed by atoms with Crippen molar-refractivity contribution in [1.82, 2.24) is 15.3 Å². The van der Waals surface area contributed by atoms with Crippen LogP contribution in [0.2, 0.25) is 0 Å². The van der Waals surface area contributed by atoms with Gasteiger partial charge in [-0.05, 0) is 0 Å². The summed E-state index contributed by atoms with van der Waals surface area (Å²) in [4.78, 5) is 8.06. The molecule has 0 aliphatic rings. The van der Waals surface area contributed by atoms with Crippen LogP contribution in [0.25, 0.3) is 0 Å². The zero-order valence-electron chi connectivity index (χ0n) is 9.09. The second-order valence-corrected chi connectivity index (χ2v) is 6.65. The molecule has 0 amide bonds. The quantitative estimate of drug-likeness (QED) is 0.558. The summed E-state index contributed by atoms with van der Waals surface area (Å²) in [6, 6.07) is 0. The number of nitrogens with one attached hydrogen (secondary N) is 1. The summed E-state index contributed by atoms with van der Waals surface area (Å²) < 4.78 is 21.6. The van der Waals surface area contributed by atoms with E-state index in [0.29, 0.717) is 6.54 Å². The fraction of sp³-hybridized carbons (Fsp3) is 0.556. The molecule has 0 aliphatic carbocycles. The van der Waals surface area contributed by atoms with Crippen LogP contribution in [-0.2, 0) is 9.84 Å². The van der Waals surface area contributed by atoms with Crippen molar-refractivity contribution in [3.8, 4) is 0 Å². The predicted molar refractivity (Wildman–Crippen MR) is 65.3 cm³/mol. The molecule has 1 aromatic rings. The molecule has 0 radical (unpaired) electrons. The van der Waals surface area contributed by atoms with Crippen molar-refractivity contribution < 1.29 is 8.42 Å². The highest BCUT2D eigenvalue weighted by molar-refractivity contribution is 7.99. The highest BCUT2D eigenvalue weighted by Gasteiger charge is 2.00. The van der Waals surface area contributed by atoms with E-state index >= 15 is 0 Å². The Balaban J connectivity index is 2.05. The van der Waals surface area contributed by atoms with E-state index in [9.17, 15) is 8.42 Å². The molecule has 16 heavy (non-hydrogen) atoms. The van der Waals surface area contributed by atoms with Crippen molar-refractivity contribution in [3.63, 3.8) is 0 Å². The fourth-order valence-corrected chi connectivity index (χ4v) is 2.21. The molecule has 0 saturated carbocycles. The Kier molecular flexibility index (Phi) is 5.72. The van der Waals surface area contributed by atoms with Crippen LogP contribution < -0.4 is 5.32 Å². The number of nitrogens with zero attached hydrogens (tertiary/aromatic N) is 2. The molecule has 0 aliphatic heterocycles. The molecule has 0 bridgehead atoms. The van der Waals surface area contributed by atoms with E-state index in [1.165, 1.54) is 6.26 Å². The van der Waals surface area contributed by atoms with Crippen molar-refractivity contribution in [2.24, 2.45) is 0 Å². The Hall–Kier alpha value is -0.660. The summed E-state index contributed by atoms with van der Waals surface area (Å²) in [5, 5.41) is 3.95. The van der Waals surface area contributed by atoms with Crippen LogP contribution in [0.1, 0.15) is 0 Å². The highest BCUT2D eigenvalue weighted by atomic mass is 32.2. The maximum absolute atomic E-state index is 10.8. The number of hydrogen-bond acceptors (Lipinski definition) is 6. The molecule has 0 fully saturated rings. The Morgan fingerprint density at radius 1 is 1.38 bits per heavy atom. The first-order chi connectivity index (χ1) is 7.58. The molecule has 1 rings (SSSR count). The van der Waals surface area contributed by atoms with Crippen molar-refractivity contribution in [2.45, 2.75) is 5.03 Å². The zero-order valence-corrected chi connectivity index (χ0v) is 10.7. The smallest absolute Gasteiger partial charge is 0.148 e. The van der Waals surface area contributed by atoms with Gasteiger partial charge in [0.05, 0.1) is 11.9 Å². The Morgan fingerprint density at radius 3 is 2.81 bits per heavy atom. The number of sulfone groups is 1. The molecule has 1 N–H and O–H groups in total. The van der Waals surface area contributed by atoms with E-state index in [0.717, 1.165) is 17.3 Å². The molecular formula is C9H15N3O2S2. The second kappa shape index (κ2) is 6.82. The number of thioether (sulfide) groups is 1. The molecule has 0 spiro atoms. The van der Waals surface area contributed by atoms with Crippen LogP contribution in [0.15, 0.2) is 23.6 Å². The van der Waals surface area contributed by atoms with Crippen LogP contribution >= 0.6 is 11.8 Å².